The number of amides is 1. The van der Waals surface area contributed by atoms with Crippen molar-refractivity contribution >= 4 is 5.91 Å². The van der Waals surface area contributed by atoms with Crippen LogP contribution in [-0.2, 0) is 11.2 Å². The van der Waals surface area contributed by atoms with Gasteiger partial charge >= 0.3 is 0 Å². The first kappa shape index (κ1) is 18.4. The maximum Gasteiger partial charge on any atom is 0.277 e. The minimum atomic E-state index is -0.259. The van der Waals surface area contributed by atoms with Crippen molar-refractivity contribution in [1.29, 1.82) is 0 Å². The van der Waals surface area contributed by atoms with Crippen LogP contribution in [0.15, 0.2) is 40.8 Å². The number of nitrogens with zero attached hydrogens (tertiary/aromatic N) is 4. The molecular formula is C21H24N4O3. The maximum atomic E-state index is 13.3. The molecule has 0 radical (unpaired) electrons. The van der Waals surface area contributed by atoms with Gasteiger partial charge in [0.25, 0.3) is 5.91 Å². The van der Waals surface area contributed by atoms with E-state index in [2.05, 4.69) is 10.3 Å². The molecule has 0 aliphatic carbocycles. The van der Waals surface area contributed by atoms with Gasteiger partial charge in [0.1, 0.15) is 17.6 Å². The molecule has 7 heteroatoms. The van der Waals surface area contributed by atoms with Gasteiger partial charge in [0.15, 0.2) is 5.69 Å². The van der Waals surface area contributed by atoms with Crippen molar-refractivity contribution in [3.8, 4) is 5.69 Å². The Balaban J connectivity index is 1.63. The molecule has 1 aromatic carbocycles. The fraction of sp³-hybridized carbons (Fsp3) is 0.381. The van der Waals surface area contributed by atoms with Crippen LogP contribution in [0.5, 0.6) is 0 Å². The summed E-state index contributed by atoms with van der Waals surface area (Å²) in [5.74, 6) is 1.49. The number of rotatable bonds is 4. The molecule has 1 amide bonds. The van der Waals surface area contributed by atoms with Crippen molar-refractivity contribution in [2.45, 2.75) is 33.2 Å². The molecule has 0 saturated carbocycles. The number of carbonyl (C=O) groups excluding carboxylic acids is 1. The van der Waals surface area contributed by atoms with E-state index < -0.39 is 0 Å². The summed E-state index contributed by atoms with van der Waals surface area (Å²) >= 11 is 0. The molecule has 0 N–H and O–H groups in total. The number of aromatic nitrogens is 3. The van der Waals surface area contributed by atoms with Gasteiger partial charge in [0, 0.05) is 13.0 Å². The van der Waals surface area contributed by atoms with Gasteiger partial charge in [0.05, 0.1) is 24.6 Å². The van der Waals surface area contributed by atoms with Gasteiger partial charge in [-0.05, 0) is 38.1 Å². The molecule has 1 aliphatic rings. The number of carbonyl (C=O) groups is 1. The van der Waals surface area contributed by atoms with Crippen LogP contribution in [0.25, 0.3) is 5.69 Å². The Bertz CT molecular complexity index is 974. The molecule has 0 bridgehead atoms. The molecule has 7 nitrogen and oxygen atoms in total. The van der Waals surface area contributed by atoms with Crippen LogP contribution in [-0.4, -0.2) is 45.6 Å². The SMILES string of the molecule is CCc1ccc([C@@H]2COCCN2C(=O)c2nnn(-c3ccc(C)cc3)c2C)o1. The molecule has 1 aliphatic heterocycles. The van der Waals surface area contributed by atoms with E-state index in [-0.39, 0.29) is 11.9 Å². The second-order valence-electron chi connectivity index (χ2n) is 7.02. The van der Waals surface area contributed by atoms with E-state index >= 15 is 0 Å². The van der Waals surface area contributed by atoms with Crippen LogP contribution in [0.4, 0.5) is 0 Å². The average molecular weight is 380 g/mol. The third kappa shape index (κ3) is 3.33. The summed E-state index contributed by atoms with van der Waals surface area (Å²) < 4.78 is 13.2. The summed E-state index contributed by atoms with van der Waals surface area (Å²) in [6, 6.07) is 11.6. The predicted octanol–water partition coefficient (Wildman–Crippen LogP) is 3.25. The fourth-order valence-corrected chi connectivity index (χ4v) is 3.44. The van der Waals surface area contributed by atoms with Crippen LogP contribution in [0.1, 0.15) is 46.2 Å². The van der Waals surface area contributed by atoms with E-state index in [1.807, 2.05) is 57.2 Å². The van der Waals surface area contributed by atoms with Gasteiger partial charge in [-0.2, -0.15) is 0 Å². The van der Waals surface area contributed by atoms with Gasteiger partial charge in [-0.3, -0.25) is 4.79 Å². The lowest BCUT2D eigenvalue weighted by Crippen LogP contribution is -2.43. The highest BCUT2D eigenvalue weighted by Crippen LogP contribution is 2.28. The molecule has 4 rings (SSSR count). The van der Waals surface area contributed by atoms with E-state index in [9.17, 15) is 4.79 Å². The Kier molecular flexibility index (Phi) is 5.00. The second-order valence-corrected chi connectivity index (χ2v) is 7.02. The minimum Gasteiger partial charge on any atom is -0.464 e. The second kappa shape index (κ2) is 7.59. The number of hydrogen-bond donors (Lipinski definition) is 0. The van der Waals surface area contributed by atoms with Crippen molar-refractivity contribution in [2.75, 3.05) is 19.8 Å². The molecule has 2 aromatic heterocycles. The number of furan rings is 1. The third-order valence-corrected chi connectivity index (χ3v) is 5.12. The lowest BCUT2D eigenvalue weighted by molar-refractivity contribution is -0.00935. The summed E-state index contributed by atoms with van der Waals surface area (Å²) in [6.45, 7) is 7.33. The topological polar surface area (TPSA) is 73.4 Å². The zero-order valence-corrected chi connectivity index (χ0v) is 16.4. The molecule has 146 valence electrons. The molecule has 0 spiro atoms. The summed E-state index contributed by atoms with van der Waals surface area (Å²) in [6.07, 6.45) is 0.811. The number of hydrogen-bond acceptors (Lipinski definition) is 5. The summed E-state index contributed by atoms with van der Waals surface area (Å²) in [5, 5.41) is 8.40. The summed E-state index contributed by atoms with van der Waals surface area (Å²) in [4.78, 5) is 15.1. The molecule has 1 saturated heterocycles. The maximum absolute atomic E-state index is 13.3. The first-order chi connectivity index (χ1) is 13.6. The molecule has 1 atom stereocenters. The van der Waals surface area contributed by atoms with Gasteiger partial charge in [0.2, 0.25) is 0 Å². The molecular weight excluding hydrogens is 356 g/mol. The van der Waals surface area contributed by atoms with E-state index in [0.29, 0.717) is 31.1 Å². The zero-order valence-electron chi connectivity index (χ0n) is 16.4. The van der Waals surface area contributed by atoms with E-state index in [0.717, 1.165) is 23.6 Å². The highest BCUT2D eigenvalue weighted by atomic mass is 16.5. The molecule has 3 heterocycles. The van der Waals surface area contributed by atoms with Gasteiger partial charge in [-0.25, -0.2) is 4.68 Å². The van der Waals surface area contributed by atoms with Crippen LogP contribution in [0, 0.1) is 13.8 Å². The molecule has 0 unspecified atom stereocenters. The first-order valence-corrected chi connectivity index (χ1v) is 9.55. The predicted molar refractivity (Wildman–Crippen MR) is 104 cm³/mol. The largest absolute Gasteiger partial charge is 0.464 e. The van der Waals surface area contributed by atoms with Gasteiger partial charge in [-0.1, -0.05) is 29.8 Å². The average Bonchev–Trinajstić information content (AvgIpc) is 3.35. The quantitative estimate of drug-likeness (QED) is 0.695. The number of ether oxygens (including phenoxy) is 1. The van der Waals surface area contributed by atoms with Crippen molar-refractivity contribution in [1.82, 2.24) is 19.9 Å². The standard InChI is InChI=1S/C21H24N4O3/c1-4-17-9-10-19(28-17)18-13-27-12-11-24(18)21(26)20-15(3)25(23-22-20)16-7-5-14(2)6-8-16/h5-10,18H,4,11-13H2,1-3H3/t18-/m0/s1. The highest BCUT2D eigenvalue weighted by molar-refractivity contribution is 5.93. The number of benzene rings is 1. The van der Waals surface area contributed by atoms with Gasteiger partial charge in [-0.15, -0.1) is 5.10 Å². The summed E-state index contributed by atoms with van der Waals surface area (Å²) in [7, 11) is 0. The third-order valence-electron chi connectivity index (χ3n) is 5.12. The molecule has 1 fully saturated rings. The Morgan fingerprint density at radius 3 is 2.68 bits per heavy atom. The monoisotopic (exact) mass is 380 g/mol. The molecule has 3 aromatic rings. The highest BCUT2D eigenvalue weighted by Gasteiger charge is 2.34. The van der Waals surface area contributed by atoms with Crippen molar-refractivity contribution in [3.63, 3.8) is 0 Å². The summed E-state index contributed by atoms with van der Waals surface area (Å²) in [5.41, 5.74) is 3.12. The smallest absolute Gasteiger partial charge is 0.277 e. The lowest BCUT2D eigenvalue weighted by Gasteiger charge is -2.34. The Hall–Kier alpha value is -2.93. The van der Waals surface area contributed by atoms with Crippen LogP contribution < -0.4 is 0 Å². The Morgan fingerprint density at radius 1 is 1.18 bits per heavy atom. The Labute approximate surface area is 163 Å². The van der Waals surface area contributed by atoms with Crippen molar-refractivity contribution in [2.24, 2.45) is 0 Å². The number of morpholine rings is 1. The van der Waals surface area contributed by atoms with Crippen molar-refractivity contribution < 1.29 is 13.9 Å². The van der Waals surface area contributed by atoms with Crippen LogP contribution in [0.3, 0.4) is 0 Å². The zero-order chi connectivity index (χ0) is 19.7. The van der Waals surface area contributed by atoms with Crippen LogP contribution in [0.2, 0.25) is 0 Å². The number of aryl methyl sites for hydroxylation is 2. The van der Waals surface area contributed by atoms with E-state index in [1.165, 1.54) is 5.56 Å². The van der Waals surface area contributed by atoms with Crippen molar-refractivity contribution in [3.05, 3.63) is 64.9 Å². The van der Waals surface area contributed by atoms with E-state index in [1.54, 1.807) is 9.58 Å². The minimum absolute atomic E-state index is 0.154. The Morgan fingerprint density at radius 2 is 1.96 bits per heavy atom. The normalized spacial score (nSPS) is 17.1. The van der Waals surface area contributed by atoms with Gasteiger partial charge < -0.3 is 14.1 Å². The fourth-order valence-electron chi connectivity index (χ4n) is 3.44. The van der Waals surface area contributed by atoms with Crippen LogP contribution >= 0.6 is 0 Å². The molecule has 28 heavy (non-hydrogen) atoms. The first-order valence-electron chi connectivity index (χ1n) is 9.55. The van der Waals surface area contributed by atoms with E-state index in [4.69, 9.17) is 9.15 Å². The lowest BCUT2D eigenvalue weighted by atomic mass is 10.1.